The van der Waals surface area contributed by atoms with Gasteiger partial charge in [-0.1, -0.05) is 35.0 Å². The number of amides is 1. The van der Waals surface area contributed by atoms with E-state index in [0.29, 0.717) is 41.0 Å². The summed E-state index contributed by atoms with van der Waals surface area (Å²) >= 11 is 5.99. The number of aromatic nitrogens is 2. The Balaban J connectivity index is 1.43. The summed E-state index contributed by atoms with van der Waals surface area (Å²) in [5.41, 5.74) is 1.76. The maximum Gasteiger partial charge on any atom is 0.253 e. The highest BCUT2D eigenvalue weighted by Crippen LogP contribution is 2.29. The Labute approximate surface area is 154 Å². The first-order chi connectivity index (χ1) is 12.6. The molecule has 7 heteroatoms. The Hall–Kier alpha value is -3.17. The van der Waals surface area contributed by atoms with Crippen LogP contribution in [0.3, 0.4) is 0 Å². The number of rotatable bonds is 3. The third-order valence-corrected chi connectivity index (χ3v) is 4.52. The van der Waals surface area contributed by atoms with E-state index in [-0.39, 0.29) is 11.8 Å². The van der Waals surface area contributed by atoms with E-state index in [1.165, 1.54) is 0 Å². The molecule has 0 aliphatic carbocycles. The lowest BCUT2D eigenvalue weighted by Gasteiger charge is -2.37. The maximum atomic E-state index is 12.5. The number of hydrogen-bond acceptors (Lipinski definition) is 5. The summed E-state index contributed by atoms with van der Waals surface area (Å²) < 4.78 is 5.35. The SMILES string of the molecule is N#Cc1cccc(C(=O)N2CC(c3nc(-c4cccc(Cl)c4)no3)C2)c1. The van der Waals surface area contributed by atoms with Crippen molar-refractivity contribution < 1.29 is 9.32 Å². The van der Waals surface area contributed by atoms with Gasteiger partial charge in [0.25, 0.3) is 5.91 Å². The zero-order valence-electron chi connectivity index (χ0n) is 13.6. The first kappa shape index (κ1) is 16.3. The van der Waals surface area contributed by atoms with Crippen molar-refractivity contribution in [1.82, 2.24) is 15.0 Å². The van der Waals surface area contributed by atoms with Crippen LogP contribution in [0.15, 0.2) is 53.1 Å². The van der Waals surface area contributed by atoms with Gasteiger partial charge >= 0.3 is 0 Å². The molecular formula is C19H13ClN4O2. The Morgan fingerprint density at radius 1 is 1.23 bits per heavy atom. The standard InChI is InChI=1S/C19H13ClN4O2/c20-16-6-2-4-13(8-16)17-22-18(26-23-17)15-10-24(11-15)19(25)14-5-1-3-12(7-14)9-21/h1-8,15H,10-11H2. The third kappa shape index (κ3) is 3.05. The van der Waals surface area contributed by atoms with Crippen LogP contribution >= 0.6 is 11.6 Å². The molecule has 0 N–H and O–H groups in total. The fourth-order valence-electron chi connectivity index (χ4n) is 2.85. The molecule has 6 nitrogen and oxygen atoms in total. The number of nitriles is 1. The molecule has 0 bridgehead atoms. The molecule has 1 aliphatic heterocycles. The van der Waals surface area contributed by atoms with E-state index in [0.717, 1.165) is 5.56 Å². The molecule has 3 aromatic rings. The molecular weight excluding hydrogens is 352 g/mol. The molecule has 0 spiro atoms. The van der Waals surface area contributed by atoms with Crippen molar-refractivity contribution >= 4 is 17.5 Å². The largest absolute Gasteiger partial charge is 0.339 e. The topological polar surface area (TPSA) is 83.0 Å². The number of halogens is 1. The molecule has 2 aromatic carbocycles. The molecule has 0 saturated carbocycles. The summed E-state index contributed by atoms with van der Waals surface area (Å²) in [7, 11) is 0. The van der Waals surface area contributed by atoms with Crippen molar-refractivity contribution in [3.63, 3.8) is 0 Å². The minimum Gasteiger partial charge on any atom is -0.339 e. The maximum absolute atomic E-state index is 12.5. The number of carbonyl (C=O) groups excluding carboxylic acids is 1. The second kappa shape index (κ2) is 6.62. The van der Waals surface area contributed by atoms with Crippen LogP contribution in [0.4, 0.5) is 0 Å². The van der Waals surface area contributed by atoms with Crippen LogP contribution in [0.5, 0.6) is 0 Å². The Morgan fingerprint density at radius 2 is 2.04 bits per heavy atom. The minimum absolute atomic E-state index is 0.0125. The van der Waals surface area contributed by atoms with E-state index >= 15 is 0 Å². The van der Waals surface area contributed by atoms with Gasteiger partial charge in [0.05, 0.1) is 17.6 Å². The van der Waals surface area contributed by atoms with Crippen LogP contribution in [-0.4, -0.2) is 34.0 Å². The van der Waals surface area contributed by atoms with Crippen molar-refractivity contribution in [2.24, 2.45) is 0 Å². The van der Waals surface area contributed by atoms with Gasteiger partial charge in [-0.2, -0.15) is 10.2 Å². The van der Waals surface area contributed by atoms with Crippen LogP contribution in [0.2, 0.25) is 5.02 Å². The van der Waals surface area contributed by atoms with Crippen LogP contribution in [0.1, 0.15) is 27.7 Å². The van der Waals surface area contributed by atoms with Crippen molar-refractivity contribution in [3.05, 3.63) is 70.6 Å². The van der Waals surface area contributed by atoms with Crippen molar-refractivity contribution in [1.29, 1.82) is 5.26 Å². The molecule has 0 atom stereocenters. The van der Waals surface area contributed by atoms with Gasteiger partial charge in [0.1, 0.15) is 0 Å². The number of carbonyl (C=O) groups is 1. The van der Waals surface area contributed by atoms with E-state index in [4.69, 9.17) is 21.4 Å². The zero-order valence-corrected chi connectivity index (χ0v) is 14.3. The van der Waals surface area contributed by atoms with Gasteiger partial charge in [0.2, 0.25) is 11.7 Å². The minimum atomic E-state index is -0.104. The normalized spacial score (nSPS) is 13.9. The molecule has 1 fully saturated rings. The second-order valence-electron chi connectivity index (χ2n) is 6.07. The summed E-state index contributed by atoms with van der Waals surface area (Å²) in [6.45, 7) is 1.01. The second-order valence-corrected chi connectivity index (χ2v) is 6.50. The van der Waals surface area contributed by atoms with E-state index in [1.807, 2.05) is 18.2 Å². The quantitative estimate of drug-likeness (QED) is 0.710. The van der Waals surface area contributed by atoms with E-state index in [1.54, 1.807) is 41.3 Å². The van der Waals surface area contributed by atoms with Gasteiger partial charge in [0.15, 0.2) is 0 Å². The fraction of sp³-hybridized carbons (Fsp3) is 0.158. The molecule has 0 unspecified atom stereocenters. The molecule has 0 radical (unpaired) electrons. The van der Waals surface area contributed by atoms with Crippen LogP contribution < -0.4 is 0 Å². The highest BCUT2D eigenvalue weighted by Gasteiger charge is 2.36. The first-order valence-electron chi connectivity index (χ1n) is 8.03. The highest BCUT2D eigenvalue weighted by molar-refractivity contribution is 6.30. The van der Waals surface area contributed by atoms with Crippen LogP contribution in [0, 0.1) is 11.3 Å². The molecule has 1 amide bonds. The van der Waals surface area contributed by atoms with E-state index < -0.39 is 0 Å². The van der Waals surface area contributed by atoms with Gasteiger partial charge in [-0.05, 0) is 30.3 Å². The van der Waals surface area contributed by atoms with Crippen molar-refractivity contribution in [2.75, 3.05) is 13.1 Å². The summed E-state index contributed by atoms with van der Waals surface area (Å²) in [6.07, 6.45) is 0. The Morgan fingerprint density at radius 3 is 2.81 bits per heavy atom. The molecule has 1 aliphatic rings. The van der Waals surface area contributed by atoms with Gasteiger partial charge in [0, 0.05) is 29.2 Å². The van der Waals surface area contributed by atoms with Gasteiger partial charge in [-0.3, -0.25) is 4.79 Å². The lowest BCUT2D eigenvalue weighted by Crippen LogP contribution is -2.48. The summed E-state index contributed by atoms with van der Waals surface area (Å²) in [5, 5.41) is 13.5. The monoisotopic (exact) mass is 364 g/mol. The smallest absolute Gasteiger partial charge is 0.253 e. The van der Waals surface area contributed by atoms with Gasteiger partial charge in [-0.15, -0.1) is 0 Å². The highest BCUT2D eigenvalue weighted by atomic mass is 35.5. The third-order valence-electron chi connectivity index (χ3n) is 4.28. The van der Waals surface area contributed by atoms with E-state index in [9.17, 15) is 4.79 Å². The van der Waals surface area contributed by atoms with E-state index in [2.05, 4.69) is 10.1 Å². The van der Waals surface area contributed by atoms with Crippen molar-refractivity contribution in [2.45, 2.75) is 5.92 Å². The average Bonchev–Trinajstić information content (AvgIpc) is 3.10. The number of benzene rings is 2. The van der Waals surface area contributed by atoms with Gasteiger partial charge < -0.3 is 9.42 Å². The fourth-order valence-corrected chi connectivity index (χ4v) is 3.04. The Bertz CT molecular complexity index is 1020. The number of likely N-dealkylation sites (tertiary alicyclic amines) is 1. The molecule has 128 valence electrons. The molecule has 1 saturated heterocycles. The molecule has 4 rings (SSSR count). The van der Waals surface area contributed by atoms with Crippen molar-refractivity contribution in [3.8, 4) is 17.5 Å². The lowest BCUT2D eigenvalue weighted by atomic mass is 9.98. The number of nitrogens with zero attached hydrogens (tertiary/aromatic N) is 4. The summed E-state index contributed by atoms with van der Waals surface area (Å²) in [6, 6.07) is 16.0. The number of hydrogen-bond donors (Lipinski definition) is 0. The summed E-state index contributed by atoms with van der Waals surface area (Å²) in [5.74, 6) is 0.898. The average molecular weight is 365 g/mol. The predicted molar refractivity (Wildman–Crippen MR) is 94.5 cm³/mol. The Kier molecular flexibility index (Phi) is 4.15. The van der Waals surface area contributed by atoms with Gasteiger partial charge in [-0.25, -0.2) is 0 Å². The zero-order chi connectivity index (χ0) is 18.1. The van der Waals surface area contributed by atoms with Crippen LogP contribution in [-0.2, 0) is 0 Å². The summed E-state index contributed by atoms with van der Waals surface area (Å²) in [4.78, 5) is 18.6. The lowest BCUT2D eigenvalue weighted by molar-refractivity contribution is 0.0569. The first-order valence-corrected chi connectivity index (χ1v) is 8.41. The predicted octanol–water partition coefficient (Wildman–Crippen LogP) is 3.50. The molecule has 26 heavy (non-hydrogen) atoms. The molecule has 2 heterocycles. The van der Waals surface area contributed by atoms with Crippen LogP contribution in [0.25, 0.3) is 11.4 Å². The molecule has 1 aromatic heterocycles.